The van der Waals surface area contributed by atoms with Crippen LogP contribution in [0, 0.1) is 0 Å². The van der Waals surface area contributed by atoms with Gasteiger partial charge in [0, 0.05) is 49.1 Å². The molecular formula is C26H33ClF2N6O3. The topological polar surface area (TPSA) is 127 Å². The third-order valence-electron chi connectivity index (χ3n) is 7.68. The maximum atomic E-state index is 13.3. The van der Waals surface area contributed by atoms with Crippen molar-refractivity contribution in [2.75, 3.05) is 30.4 Å². The molecule has 2 saturated heterocycles. The Labute approximate surface area is 225 Å². The molecule has 1 amide bonds. The van der Waals surface area contributed by atoms with Crippen molar-refractivity contribution in [1.29, 1.82) is 0 Å². The summed E-state index contributed by atoms with van der Waals surface area (Å²) in [7, 11) is 0. The van der Waals surface area contributed by atoms with Crippen LogP contribution in [-0.2, 0) is 14.3 Å². The summed E-state index contributed by atoms with van der Waals surface area (Å²) in [4.78, 5) is 21.3. The van der Waals surface area contributed by atoms with Gasteiger partial charge in [-0.2, -0.15) is 8.78 Å². The van der Waals surface area contributed by atoms with Gasteiger partial charge in [-0.15, -0.1) is 0 Å². The molecule has 1 unspecified atom stereocenters. The highest BCUT2D eigenvalue weighted by atomic mass is 35.5. The number of nitrogens with one attached hydrogen (secondary N) is 3. The van der Waals surface area contributed by atoms with Crippen molar-refractivity contribution in [3.8, 4) is 11.3 Å². The fourth-order valence-electron chi connectivity index (χ4n) is 4.94. The Morgan fingerprint density at radius 3 is 2.53 bits per heavy atom. The number of epoxide rings is 1. The molecule has 0 bridgehead atoms. The average molecular weight is 551 g/mol. The SMILES string of the molecule is CC1(C(=O)NC2CCC(Nc3cc(-c4cccc(NCC5(N)CCOCC5)n4)c(Cl)cn3)CC2)OC1(F)F. The molecule has 0 radical (unpaired) electrons. The van der Waals surface area contributed by atoms with Crippen LogP contribution in [0.5, 0.6) is 0 Å². The lowest BCUT2D eigenvalue weighted by atomic mass is 9.90. The van der Waals surface area contributed by atoms with Gasteiger partial charge < -0.3 is 26.4 Å². The van der Waals surface area contributed by atoms with E-state index in [1.165, 1.54) is 0 Å². The Kier molecular flexibility index (Phi) is 7.47. The van der Waals surface area contributed by atoms with Gasteiger partial charge in [0.25, 0.3) is 5.91 Å². The number of nitrogens with zero attached hydrogens (tertiary/aromatic N) is 2. The van der Waals surface area contributed by atoms with Gasteiger partial charge in [0.2, 0.25) is 5.60 Å². The van der Waals surface area contributed by atoms with E-state index in [-0.39, 0.29) is 17.6 Å². The summed E-state index contributed by atoms with van der Waals surface area (Å²) in [6.45, 7) is 3.04. The third-order valence-corrected chi connectivity index (χ3v) is 7.99. The lowest BCUT2D eigenvalue weighted by molar-refractivity contribution is -0.127. The summed E-state index contributed by atoms with van der Waals surface area (Å²) in [6.07, 6.45) is 2.62. The molecule has 2 aromatic heterocycles. The summed E-state index contributed by atoms with van der Waals surface area (Å²) in [5.74, 6) is 0.616. The van der Waals surface area contributed by atoms with E-state index >= 15 is 0 Å². The van der Waals surface area contributed by atoms with Crippen LogP contribution in [0.15, 0.2) is 30.5 Å². The van der Waals surface area contributed by atoms with Crippen LogP contribution in [0.3, 0.4) is 0 Å². The summed E-state index contributed by atoms with van der Waals surface area (Å²) in [6, 6.07) is 7.54. The van der Waals surface area contributed by atoms with Crippen LogP contribution in [0.4, 0.5) is 20.4 Å². The number of nitrogens with two attached hydrogens (primary N) is 1. The van der Waals surface area contributed by atoms with Gasteiger partial charge in [0.05, 0.1) is 10.7 Å². The smallest absolute Gasteiger partial charge is 0.381 e. The zero-order valence-electron chi connectivity index (χ0n) is 21.2. The highest BCUT2D eigenvalue weighted by Crippen LogP contribution is 2.50. The van der Waals surface area contributed by atoms with E-state index in [1.54, 1.807) is 6.20 Å². The largest absolute Gasteiger partial charge is 0.395 e. The molecule has 3 aliphatic rings. The van der Waals surface area contributed by atoms with Gasteiger partial charge in [-0.25, -0.2) is 9.97 Å². The number of alkyl halides is 2. The summed E-state index contributed by atoms with van der Waals surface area (Å²) in [5.41, 5.74) is 5.58. The molecule has 2 aromatic rings. The maximum absolute atomic E-state index is 13.3. The number of rotatable bonds is 8. The lowest BCUT2D eigenvalue weighted by Crippen LogP contribution is -2.50. The highest BCUT2D eigenvalue weighted by molar-refractivity contribution is 6.33. The second-order valence-electron chi connectivity index (χ2n) is 10.6. The van der Waals surface area contributed by atoms with Gasteiger partial charge in [-0.1, -0.05) is 17.7 Å². The first-order chi connectivity index (χ1) is 18.1. The van der Waals surface area contributed by atoms with Crippen molar-refractivity contribution in [1.82, 2.24) is 15.3 Å². The number of amides is 1. The Morgan fingerprint density at radius 1 is 1.16 bits per heavy atom. The minimum atomic E-state index is -3.39. The average Bonchev–Trinajstić information content (AvgIpc) is 3.44. The number of ether oxygens (including phenoxy) is 2. The zero-order valence-corrected chi connectivity index (χ0v) is 22.0. The molecular weight excluding hydrogens is 518 g/mol. The van der Waals surface area contributed by atoms with Crippen molar-refractivity contribution in [3.63, 3.8) is 0 Å². The number of halogens is 3. The van der Waals surface area contributed by atoms with Crippen molar-refractivity contribution in [2.45, 2.75) is 74.8 Å². The molecule has 1 aliphatic carbocycles. The van der Waals surface area contributed by atoms with E-state index in [2.05, 4.69) is 25.7 Å². The van der Waals surface area contributed by atoms with Gasteiger partial charge >= 0.3 is 6.11 Å². The fraction of sp³-hybridized carbons (Fsp3) is 0.577. The Morgan fingerprint density at radius 2 is 1.84 bits per heavy atom. The van der Waals surface area contributed by atoms with Gasteiger partial charge in [0.15, 0.2) is 0 Å². The fourth-order valence-corrected chi connectivity index (χ4v) is 5.14. The first kappa shape index (κ1) is 27.0. The van der Waals surface area contributed by atoms with E-state index in [1.807, 2.05) is 24.3 Å². The quantitative estimate of drug-likeness (QED) is 0.364. The number of hydrogen-bond acceptors (Lipinski definition) is 8. The number of pyridine rings is 2. The minimum absolute atomic E-state index is 0.125. The molecule has 12 heteroatoms. The van der Waals surface area contributed by atoms with E-state index in [0.29, 0.717) is 55.0 Å². The number of anilines is 2. The number of hydrogen-bond donors (Lipinski definition) is 4. The van der Waals surface area contributed by atoms with Crippen LogP contribution in [0.1, 0.15) is 45.4 Å². The molecule has 206 valence electrons. The number of carbonyl (C=O) groups excluding carboxylic acids is 1. The molecule has 3 fully saturated rings. The second kappa shape index (κ2) is 10.5. The molecule has 4 heterocycles. The van der Waals surface area contributed by atoms with Crippen LogP contribution in [0.25, 0.3) is 11.3 Å². The third kappa shape index (κ3) is 5.85. The Balaban J connectivity index is 1.17. The summed E-state index contributed by atoms with van der Waals surface area (Å²) in [5, 5.41) is 9.98. The molecule has 38 heavy (non-hydrogen) atoms. The van der Waals surface area contributed by atoms with E-state index in [9.17, 15) is 13.6 Å². The number of aromatic nitrogens is 2. The van der Waals surface area contributed by atoms with Gasteiger partial charge in [0.1, 0.15) is 11.6 Å². The molecule has 5 rings (SSSR count). The van der Waals surface area contributed by atoms with E-state index < -0.39 is 17.6 Å². The standard InChI is InChI=1S/C26H33ClF2N6O3/c1-24(26(28,29)38-24)23(36)34-17-7-5-16(6-8-17)33-22-13-18(19(27)14-31-22)20-3-2-4-21(35-20)32-15-25(30)9-11-37-12-10-25/h2-4,13-14,16-17H,5-12,15,30H2,1H3,(H,31,33)(H,32,35)(H,34,36). The summed E-state index contributed by atoms with van der Waals surface area (Å²) >= 11 is 6.49. The molecule has 5 N–H and O–H groups in total. The Hall–Kier alpha value is -2.60. The first-order valence-electron chi connectivity index (χ1n) is 13.0. The maximum Gasteiger partial charge on any atom is 0.395 e. The first-order valence-corrected chi connectivity index (χ1v) is 13.3. The molecule has 1 saturated carbocycles. The molecule has 2 aliphatic heterocycles. The van der Waals surface area contributed by atoms with E-state index in [0.717, 1.165) is 38.2 Å². The normalized spacial score (nSPS) is 27.8. The van der Waals surface area contributed by atoms with Crippen LogP contribution in [0.2, 0.25) is 5.02 Å². The van der Waals surface area contributed by atoms with Crippen LogP contribution >= 0.6 is 11.6 Å². The lowest BCUT2D eigenvalue weighted by Gasteiger charge is -2.33. The molecule has 0 spiro atoms. The predicted octanol–water partition coefficient (Wildman–Crippen LogP) is 3.94. The minimum Gasteiger partial charge on any atom is -0.381 e. The monoisotopic (exact) mass is 550 g/mol. The Bertz CT molecular complexity index is 1170. The summed E-state index contributed by atoms with van der Waals surface area (Å²) < 4.78 is 36.3. The predicted molar refractivity (Wildman–Crippen MR) is 140 cm³/mol. The number of carbonyl (C=O) groups is 1. The van der Waals surface area contributed by atoms with Crippen LogP contribution < -0.4 is 21.7 Å². The molecule has 9 nitrogen and oxygen atoms in total. The van der Waals surface area contributed by atoms with Gasteiger partial charge in [-0.3, -0.25) is 9.53 Å². The molecule has 1 atom stereocenters. The second-order valence-corrected chi connectivity index (χ2v) is 11.0. The van der Waals surface area contributed by atoms with Crippen LogP contribution in [-0.4, -0.2) is 65.0 Å². The van der Waals surface area contributed by atoms with Crippen molar-refractivity contribution in [2.24, 2.45) is 5.73 Å². The zero-order chi connectivity index (χ0) is 27.0. The molecule has 0 aromatic carbocycles. The van der Waals surface area contributed by atoms with E-state index in [4.69, 9.17) is 27.1 Å². The van der Waals surface area contributed by atoms with Crippen molar-refractivity contribution >= 4 is 29.1 Å². The highest BCUT2D eigenvalue weighted by Gasteiger charge is 2.76. The van der Waals surface area contributed by atoms with Crippen molar-refractivity contribution < 1.29 is 23.0 Å². The van der Waals surface area contributed by atoms with Gasteiger partial charge in [-0.05, 0) is 63.6 Å². The van der Waals surface area contributed by atoms with Crippen molar-refractivity contribution in [3.05, 3.63) is 35.5 Å².